The van der Waals surface area contributed by atoms with Crippen LogP contribution in [0.2, 0.25) is 0 Å². The number of hydrogen-bond acceptors (Lipinski definition) is 3. The van der Waals surface area contributed by atoms with E-state index in [0.717, 1.165) is 16.4 Å². The molecule has 112 valence electrons. The molecule has 0 atom stereocenters. The number of nitrogens with zero attached hydrogens (tertiary/aromatic N) is 1. The average molecular weight is 306 g/mol. The zero-order valence-corrected chi connectivity index (χ0v) is 12.0. The summed E-state index contributed by atoms with van der Waals surface area (Å²) in [4.78, 5) is 10.3. The molecule has 0 unspecified atom stereocenters. The Bertz CT molecular complexity index is 603. The molecule has 0 spiro atoms. The molecule has 1 rings (SSSR count). The molecule has 0 aromatic heterocycles. The topological polar surface area (TPSA) is 80.5 Å². The van der Waals surface area contributed by atoms with E-state index >= 15 is 0 Å². The summed E-state index contributed by atoms with van der Waals surface area (Å²) >= 11 is 0. The third-order valence-corrected chi connectivity index (χ3v) is 4.26. The highest BCUT2D eigenvalue weighted by atomic mass is 32.2. The molecule has 0 aliphatic heterocycles. The first-order valence-corrected chi connectivity index (χ1v) is 7.32. The van der Waals surface area contributed by atoms with E-state index in [0.29, 0.717) is 6.07 Å². The minimum absolute atomic E-state index is 0.00207. The van der Waals surface area contributed by atoms with Crippen LogP contribution in [0.1, 0.15) is 13.8 Å². The summed E-state index contributed by atoms with van der Waals surface area (Å²) in [5.74, 6) is -3.03. The van der Waals surface area contributed by atoms with Gasteiger partial charge in [0.1, 0.15) is 16.5 Å². The number of amides is 1. The van der Waals surface area contributed by atoms with E-state index in [1.54, 1.807) is 13.8 Å². The van der Waals surface area contributed by atoms with Crippen LogP contribution >= 0.6 is 0 Å². The lowest BCUT2D eigenvalue weighted by atomic mass is 10.2. The molecule has 1 amide bonds. The fourth-order valence-electron chi connectivity index (χ4n) is 1.65. The molecule has 0 aliphatic rings. The second-order valence-electron chi connectivity index (χ2n) is 4.73. The largest absolute Gasteiger partial charge is 0.369 e. The van der Waals surface area contributed by atoms with Gasteiger partial charge in [-0.05, 0) is 18.1 Å². The van der Waals surface area contributed by atoms with Crippen LogP contribution < -0.4 is 5.73 Å². The maximum Gasteiger partial charge on any atom is 0.246 e. The van der Waals surface area contributed by atoms with Gasteiger partial charge in [-0.3, -0.25) is 4.79 Å². The molecule has 0 saturated heterocycles. The van der Waals surface area contributed by atoms with E-state index in [1.807, 2.05) is 0 Å². The maximum absolute atomic E-state index is 13.6. The van der Waals surface area contributed by atoms with Gasteiger partial charge < -0.3 is 5.73 Å². The Kier molecular flexibility index (Phi) is 5.18. The second-order valence-corrected chi connectivity index (χ2v) is 6.64. The summed E-state index contributed by atoms with van der Waals surface area (Å²) in [5, 5.41) is 0. The molecule has 0 fully saturated rings. The van der Waals surface area contributed by atoms with Crippen LogP contribution in [0.25, 0.3) is 0 Å². The van der Waals surface area contributed by atoms with Crippen molar-refractivity contribution < 1.29 is 22.0 Å². The highest BCUT2D eigenvalue weighted by Gasteiger charge is 2.29. The third-order valence-electron chi connectivity index (χ3n) is 2.41. The van der Waals surface area contributed by atoms with Crippen LogP contribution in [-0.2, 0) is 14.8 Å². The van der Waals surface area contributed by atoms with E-state index < -0.39 is 39.0 Å². The Labute approximate surface area is 116 Å². The van der Waals surface area contributed by atoms with Gasteiger partial charge in [0.2, 0.25) is 15.9 Å². The van der Waals surface area contributed by atoms with Crippen molar-refractivity contribution in [3.63, 3.8) is 0 Å². The Morgan fingerprint density at radius 3 is 2.40 bits per heavy atom. The van der Waals surface area contributed by atoms with Crippen LogP contribution in [-0.4, -0.2) is 31.7 Å². The van der Waals surface area contributed by atoms with Gasteiger partial charge in [-0.25, -0.2) is 17.2 Å². The number of benzene rings is 1. The standard InChI is InChI=1S/C12H16F2N2O3S/c1-8(2)6-16(7-12(15)17)20(18,19)11-4-3-9(13)5-10(11)14/h3-5,8H,6-7H2,1-2H3,(H2,15,17). The van der Waals surface area contributed by atoms with E-state index in [9.17, 15) is 22.0 Å². The van der Waals surface area contributed by atoms with Crippen molar-refractivity contribution in [1.29, 1.82) is 0 Å². The molecular weight excluding hydrogens is 290 g/mol. The summed E-state index contributed by atoms with van der Waals surface area (Å²) < 4.78 is 51.8. The molecule has 1 aromatic rings. The van der Waals surface area contributed by atoms with Crippen molar-refractivity contribution >= 4 is 15.9 Å². The number of nitrogens with two attached hydrogens (primary N) is 1. The Balaban J connectivity index is 3.24. The van der Waals surface area contributed by atoms with Gasteiger partial charge in [0.25, 0.3) is 0 Å². The van der Waals surface area contributed by atoms with Gasteiger partial charge in [-0.1, -0.05) is 13.8 Å². The van der Waals surface area contributed by atoms with E-state index in [-0.39, 0.29) is 12.5 Å². The van der Waals surface area contributed by atoms with Crippen molar-refractivity contribution in [1.82, 2.24) is 4.31 Å². The van der Waals surface area contributed by atoms with Crippen molar-refractivity contribution in [3.8, 4) is 0 Å². The van der Waals surface area contributed by atoms with Crippen molar-refractivity contribution in [3.05, 3.63) is 29.8 Å². The number of sulfonamides is 1. The fourth-order valence-corrected chi connectivity index (χ4v) is 3.27. The predicted molar refractivity (Wildman–Crippen MR) is 69.1 cm³/mol. The summed E-state index contributed by atoms with van der Waals surface area (Å²) in [6.45, 7) is 2.93. The zero-order chi connectivity index (χ0) is 15.5. The first kappa shape index (κ1) is 16.5. The normalized spacial score (nSPS) is 12.1. The lowest BCUT2D eigenvalue weighted by molar-refractivity contribution is -0.118. The summed E-state index contributed by atoms with van der Waals surface area (Å²) in [5.41, 5.74) is 5.01. The van der Waals surface area contributed by atoms with Crippen molar-refractivity contribution in [2.75, 3.05) is 13.1 Å². The third kappa shape index (κ3) is 3.97. The fraction of sp³-hybridized carbons (Fsp3) is 0.417. The Morgan fingerprint density at radius 1 is 1.35 bits per heavy atom. The van der Waals surface area contributed by atoms with Gasteiger partial charge in [-0.15, -0.1) is 0 Å². The second kappa shape index (κ2) is 6.27. The van der Waals surface area contributed by atoms with Crippen LogP contribution in [0.4, 0.5) is 8.78 Å². The summed E-state index contributed by atoms with van der Waals surface area (Å²) in [6, 6.07) is 2.15. The molecule has 0 heterocycles. The smallest absolute Gasteiger partial charge is 0.246 e. The predicted octanol–water partition coefficient (Wildman–Crippen LogP) is 1.10. The maximum atomic E-state index is 13.6. The van der Waals surface area contributed by atoms with Gasteiger partial charge in [0.05, 0.1) is 6.54 Å². The highest BCUT2D eigenvalue weighted by molar-refractivity contribution is 7.89. The minimum atomic E-state index is -4.25. The van der Waals surface area contributed by atoms with E-state index in [1.165, 1.54) is 0 Å². The zero-order valence-electron chi connectivity index (χ0n) is 11.1. The van der Waals surface area contributed by atoms with E-state index in [2.05, 4.69) is 0 Å². The first-order valence-electron chi connectivity index (χ1n) is 5.88. The van der Waals surface area contributed by atoms with Crippen LogP contribution in [0.15, 0.2) is 23.1 Å². The molecule has 5 nitrogen and oxygen atoms in total. The van der Waals surface area contributed by atoms with E-state index in [4.69, 9.17) is 5.73 Å². The molecule has 2 N–H and O–H groups in total. The molecule has 0 radical (unpaired) electrons. The van der Waals surface area contributed by atoms with Crippen molar-refractivity contribution in [2.24, 2.45) is 11.7 Å². The van der Waals surface area contributed by atoms with Crippen LogP contribution in [0.3, 0.4) is 0 Å². The molecule has 1 aromatic carbocycles. The number of halogens is 2. The van der Waals surface area contributed by atoms with Crippen LogP contribution in [0.5, 0.6) is 0 Å². The monoisotopic (exact) mass is 306 g/mol. The van der Waals surface area contributed by atoms with Gasteiger partial charge >= 0.3 is 0 Å². The SMILES string of the molecule is CC(C)CN(CC(N)=O)S(=O)(=O)c1ccc(F)cc1F. The molecule has 0 aliphatic carbocycles. The average Bonchev–Trinajstić information content (AvgIpc) is 2.26. The Morgan fingerprint density at radius 2 is 1.95 bits per heavy atom. The number of primary amides is 1. The van der Waals surface area contributed by atoms with Gasteiger partial charge in [0.15, 0.2) is 0 Å². The summed E-state index contributed by atoms with van der Waals surface area (Å²) in [7, 11) is -4.25. The number of carbonyl (C=O) groups excluding carboxylic acids is 1. The first-order chi connectivity index (χ1) is 9.14. The molecule has 0 saturated carbocycles. The highest BCUT2D eigenvalue weighted by Crippen LogP contribution is 2.20. The lowest BCUT2D eigenvalue weighted by Gasteiger charge is -2.22. The van der Waals surface area contributed by atoms with Gasteiger partial charge in [0, 0.05) is 12.6 Å². The quantitative estimate of drug-likeness (QED) is 0.854. The summed E-state index contributed by atoms with van der Waals surface area (Å²) in [6.07, 6.45) is 0. The molecular formula is C12H16F2N2O3S. The molecule has 8 heteroatoms. The molecule has 0 bridgehead atoms. The number of carbonyl (C=O) groups is 1. The van der Waals surface area contributed by atoms with Crippen molar-refractivity contribution in [2.45, 2.75) is 18.7 Å². The van der Waals surface area contributed by atoms with Crippen LogP contribution in [0, 0.1) is 17.6 Å². The molecule has 20 heavy (non-hydrogen) atoms. The van der Waals surface area contributed by atoms with Gasteiger partial charge in [-0.2, -0.15) is 4.31 Å². The minimum Gasteiger partial charge on any atom is -0.369 e. The number of hydrogen-bond donors (Lipinski definition) is 1. The Hall–Kier alpha value is -1.54. The number of rotatable bonds is 6. The lowest BCUT2D eigenvalue weighted by Crippen LogP contribution is -2.40.